The zero-order valence-electron chi connectivity index (χ0n) is 10.6. The summed E-state index contributed by atoms with van der Waals surface area (Å²) in [6.07, 6.45) is 5.06. The second-order valence-electron chi connectivity index (χ2n) is 5.27. The van der Waals surface area contributed by atoms with Gasteiger partial charge in [-0.2, -0.15) is 0 Å². The van der Waals surface area contributed by atoms with Crippen LogP contribution >= 0.6 is 0 Å². The van der Waals surface area contributed by atoms with Crippen LogP contribution < -0.4 is 11.0 Å². The number of H-pyrrole nitrogens is 1. The van der Waals surface area contributed by atoms with Gasteiger partial charge in [0.2, 0.25) is 0 Å². The summed E-state index contributed by atoms with van der Waals surface area (Å²) in [7, 11) is 0. The van der Waals surface area contributed by atoms with Crippen LogP contribution in [0.5, 0.6) is 0 Å². The van der Waals surface area contributed by atoms with E-state index in [0.29, 0.717) is 11.8 Å². The van der Waals surface area contributed by atoms with E-state index in [1.54, 1.807) is 6.20 Å². The number of nitrogens with zero attached hydrogens (tertiary/aromatic N) is 1. The normalized spacial score (nSPS) is 20.8. The average molecular weight is 235 g/mol. The lowest BCUT2D eigenvalue weighted by Crippen LogP contribution is -2.31. The van der Waals surface area contributed by atoms with Gasteiger partial charge in [-0.05, 0) is 37.3 Å². The van der Waals surface area contributed by atoms with Crippen LogP contribution in [-0.4, -0.2) is 23.1 Å². The smallest absolute Gasteiger partial charge is 0.316 e. The lowest BCUT2D eigenvalue weighted by Gasteiger charge is -2.24. The van der Waals surface area contributed by atoms with Crippen LogP contribution in [0.1, 0.15) is 43.9 Å². The molecular weight excluding hydrogens is 214 g/mol. The Morgan fingerprint density at radius 1 is 1.53 bits per heavy atom. The highest BCUT2D eigenvalue weighted by molar-refractivity contribution is 5.21. The maximum absolute atomic E-state index is 11.4. The van der Waals surface area contributed by atoms with Crippen molar-refractivity contribution in [2.75, 3.05) is 13.1 Å². The van der Waals surface area contributed by atoms with E-state index in [1.807, 2.05) is 0 Å². The van der Waals surface area contributed by atoms with Gasteiger partial charge in [0.25, 0.3) is 0 Å². The molecule has 1 aromatic heterocycles. The molecule has 2 rings (SSSR count). The zero-order chi connectivity index (χ0) is 12.3. The van der Waals surface area contributed by atoms with Crippen molar-refractivity contribution in [1.82, 2.24) is 15.3 Å². The molecule has 0 bridgehead atoms. The summed E-state index contributed by atoms with van der Waals surface area (Å²) in [6.45, 7) is 6.43. The van der Waals surface area contributed by atoms with E-state index >= 15 is 0 Å². The maximum atomic E-state index is 11.4. The highest BCUT2D eigenvalue weighted by atomic mass is 16.1. The molecule has 0 amide bonds. The molecule has 0 spiro atoms. The van der Waals surface area contributed by atoms with Crippen LogP contribution in [0.4, 0.5) is 0 Å². The van der Waals surface area contributed by atoms with E-state index in [-0.39, 0.29) is 5.69 Å². The quantitative estimate of drug-likeness (QED) is 0.833. The van der Waals surface area contributed by atoms with Crippen LogP contribution in [-0.2, 0) is 6.42 Å². The Balaban J connectivity index is 2.28. The van der Waals surface area contributed by atoms with Crippen LogP contribution in [0, 0.1) is 5.92 Å². The molecule has 1 unspecified atom stereocenters. The lowest BCUT2D eigenvalue weighted by molar-refractivity contribution is 0.448. The van der Waals surface area contributed by atoms with Crippen LogP contribution in [0.25, 0.3) is 0 Å². The standard InChI is InChI=1S/C13H21N3O/c1-9(2)6-11-8-15-13(17)16-12(11)10-4-3-5-14-7-10/h8-10,14H,3-7H2,1-2H3,(H,15,16,17). The molecule has 4 heteroatoms. The average Bonchev–Trinajstić information content (AvgIpc) is 2.32. The number of rotatable bonds is 3. The van der Waals surface area contributed by atoms with E-state index in [0.717, 1.165) is 31.6 Å². The van der Waals surface area contributed by atoms with Gasteiger partial charge < -0.3 is 10.3 Å². The molecule has 1 aliphatic heterocycles. The number of aromatic nitrogens is 2. The third-order valence-corrected chi connectivity index (χ3v) is 3.26. The molecule has 0 radical (unpaired) electrons. The van der Waals surface area contributed by atoms with E-state index in [4.69, 9.17) is 0 Å². The minimum Gasteiger partial charge on any atom is -0.316 e. The number of hydrogen-bond acceptors (Lipinski definition) is 3. The predicted octanol–water partition coefficient (Wildman–Crippen LogP) is 1.44. The van der Waals surface area contributed by atoms with Gasteiger partial charge in [0.05, 0.1) is 0 Å². The first-order valence-electron chi connectivity index (χ1n) is 6.45. The second kappa shape index (κ2) is 5.45. The van der Waals surface area contributed by atoms with Gasteiger partial charge in [0.1, 0.15) is 0 Å². The predicted molar refractivity (Wildman–Crippen MR) is 68.2 cm³/mol. The fraction of sp³-hybridized carbons (Fsp3) is 0.692. The summed E-state index contributed by atoms with van der Waals surface area (Å²) in [4.78, 5) is 18.2. The monoisotopic (exact) mass is 235 g/mol. The van der Waals surface area contributed by atoms with Crippen LogP contribution in [0.3, 0.4) is 0 Å². The SMILES string of the molecule is CC(C)Cc1cnc(=O)[nH]c1C1CCCNC1. The van der Waals surface area contributed by atoms with E-state index in [1.165, 1.54) is 12.0 Å². The molecule has 0 saturated carbocycles. The Labute approximate surface area is 102 Å². The number of piperidine rings is 1. The van der Waals surface area contributed by atoms with E-state index < -0.39 is 0 Å². The van der Waals surface area contributed by atoms with Gasteiger partial charge >= 0.3 is 5.69 Å². The topological polar surface area (TPSA) is 57.8 Å². The lowest BCUT2D eigenvalue weighted by atomic mass is 9.90. The molecule has 2 N–H and O–H groups in total. The molecule has 17 heavy (non-hydrogen) atoms. The Kier molecular flexibility index (Phi) is 3.94. The van der Waals surface area contributed by atoms with Crippen molar-refractivity contribution in [3.05, 3.63) is 27.9 Å². The van der Waals surface area contributed by atoms with Crippen molar-refractivity contribution in [2.45, 2.75) is 39.0 Å². The number of nitrogens with one attached hydrogen (secondary N) is 2. The van der Waals surface area contributed by atoms with Crippen molar-refractivity contribution in [3.63, 3.8) is 0 Å². The Bertz CT molecular complexity index is 419. The van der Waals surface area contributed by atoms with Gasteiger partial charge in [-0.3, -0.25) is 0 Å². The summed E-state index contributed by atoms with van der Waals surface area (Å²) in [6, 6.07) is 0. The molecule has 0 aromatic carbocycles. The first kappa shape index (κ1) is 12.3. The molecule has 1 saturated heterocycles. The highest BCUT2D eigenvalue weighted by Gasteiger charge is 2.19. The summed E-state index contributed by atoms with van der Waals surface area (Å²) >= 11 is 0. The van der Waals surface area contributed by atoms with Crippen molar-refractivity contribution in [3.8, 4) is 0 Å². The molecule has 1 fully saturated rings. The fourth-order valence-electron chi connectivity index (χ4n) is 2.50. The van der Waals surface area contributed by atoms with Crippen molar-refractivity contribution in [2.24, 2.45) is 5.92 Å². The third kappa shape index (κ3) is 3.16. The van der Waals surface area contributed by atoms with Gasteiger partial charge in [0, 0.05) is 24.4 Å². The van der Waals surface area contributed by atoms with Crippen LogP contribution in [0.15, 0.2) is 11.0 Å². The number of aromatic amines is 1. The zero-order valence-corrected chi connectivity index (χ0v) is 10.6. The number of hydrogen-bond donors (Lipinski definition) is 2. The third-order valence-electron chi connectivity index (χ3n) is 3.26. The summed E-state index contributed by atoms with van der Waals surface area (Å²) in [5.74, 6) is 1.02. The Morgan fingerprint density at radius 2 is 2.35 bits per heavy atom. The molecule has 2 heterocycles. The Morgan fingerprint density at radius 3 is 3.00 bits per heavy atom. The minimum absolute atomic E-state index is 0.224. The van der Waals surface area contributed by atoms with Gasteiger partial charge in [0.15, 0.2) is 0 Å². The molecule has 1 aromatic rings. The molecule has 4 nitrogen and oxygen atoms in total. The van der Waals surface area contributed by atoms with Crippen LogP contribution in [0.2, 0.25) is 0 Å². The molecule has 94 valence electrons. The summed E-state index contributed by atoms with van der Waals surface area (Å²) in [5, 5.41) is 3.39. The molecule has 1 atom stereocenters. The summed E-state index contributed by atoms with van der Waals surface area (Å²) in [5.41, 5.74) is 2.08. The summed E-state index contributed by atoms with van der Waals surface area (Å²) < 4.78 is 0. The highest BCUT2D eigenvalue weighted by Crippen LogP contribution is 2.24. The maximum Gasteiger partial charge on any atom is 0.345 e. The fourth-order valence-corrected chi connectivity index (χ4v) is 2.50. The van der Waals surface area contributed by atoms with Gasteiger partial charge in [-0.15, -0.1) is 0 Å². The largest absolute Gasteiger partial charge is 0.345 e. The Hall–Kier alpha value is -1.16. The molecular formula is C13H21N3O. The van der Waals surface area contributed by atoms with Crippen molar-refractivity contribution in [1.29, 1.82) is 0 Å². The van der Waals surface area contributed by atoms with Crippen molar-refractivity contribution < 1.29 is 0 Å². The molecule has 0 aliphatic carbocycles. The minimum atomic E-state index is -0.224. The van der Waals surface area contributed by atoms with Gasteiger partial charge in [-0.1, -0.05) is 13.8 Å². The van der Waals surface area contributed by atoms with Gasteiger partial charge in [-0.25, -0.2) is 9.78 Å². The second-order valence-corrected chi connectivity index (χ2v) is 5.27. The van der Waals surface area contributed by atoms with E-state index in [9.17, 15) is 4.79 Å². The van der Waals surface area contributed by atoms with E-state index in [2.05, 4.69) is 29.1 Å². The first-order chi connectivity index (χ1) is 8.16. The first-order valence-corrected chi connectivity index (χ1v) is 6.45. The van der Waals surface area contributed by atoms with Crippen molar-refractivity contribution >= 4 is 0 Å². The molecule has 1 aliphatic rings.